The molecule has 0 spiro atoms. The smallest absolute Gasteiger partial charge is 0.309 e. The first-order valence-corrected chi connectivity index (χ1v) is 7.88. The summed E-state index contributed by atoms with van der Waals surface area (Å²) in [7, 11) is 0. The van der Waals surface area contributed by atoms with Crippen molar-refractivity contribution in [3.05, 3.63) is 29.6 Å². The number of anilines is 1. The number of hydrogen-bond acceptors (Lipinski definition) is 3. The highest BCUT2D eigenvalue weighted by Gasteiger charge is 2.26. The largest absolute Gasteiger partial charge is 0.481 e. The zero-order valence-electron chi connectivity index (χ0n) is 13.4. The Kier molecular flexibility index (Phi) is 5.40. The molecule has 2 N–H and O–H groups in total. The van der Waals surface area contributed by atoms with E-state index in [0.717, 1.165) is 31.6 Å². The summed E-state index contributed by atoms with van der Waals surface area (Å²) < 4.78 is 14.1. The number of nitrogens with zero attached hydrogens (tertiary/aromatic N) is 1. The van der Waals surface area contributed by atoms with E-state index in [1.807, 2.05) is 6.07 Å². The van der Waals surface area contributed by atoms with Gasteiger partial charge in [0.15, 0.2) is 0 Å². The number of carbonyl (C=O) groups is 1. The van der Waals surface area contributed by atoms with E-state index in [1.165, 1.54) is 6.07 Å². The Balaban J connectivity index is 1.96. The maximum Gasteiger partial charge on any atom is 0.309 e. The lowest BCUT2D eigenvalue weighted by atomic mass is 9.90. The highest BCUT2D eigenvalue weighted by Crippen LogP contribution is 2.27. The number of aliphatic carboxylic acids is 1. The Morgan fingerprint density at radius 3 is 2.68 bits per heavy atom. The van der Waals surface area contributed by atoms with E-state index >= 15 is 0 Å². The van der Waals surface area contributed by atoms with E-state index in [0.29, 0.717) is 25.1 Å². The van der Waals surface area contributed by atoms with Gasteiger partial charge in [-0.2, -0.15) is 0 Å². The molecule has 1 aliphatic rings. The Morgan fingerprint density at radius 2 is 2.05 bits per heavy atom. The summed E-state index contributed by atoms with van der Waals surface area (Å²) in [6.45, 7) is 6.33. The molecule has 1 saturated heterocycles. The predicted octanol–water partition coefficient (Wildman–Crippen LogP) is 3.02. The van der Waals surface area contributed by atoms with Crippen LogP contribution in [-0.4, -0.2) is 30.7 Å². The van der Waals surface area contributed by atoms with Gasteiger partial charge in [0.25, 0.3) is 0 Å². The van der Waals surface area contributed by atoms with Gasteiger partial charge in [-0.1, -0.05) is 6.07 Å². The first-order valence-electron chi connectivity index (χ1n) is 7.88. The predicted molar refractivity (Wildman–Crippen MR) is 85.6 cm³/mol. The van der Waals surface area contributed by atoms with Gasteiger partial charge in [-0.25, -0.2) is 4.39 Å². The number of hydrogen-bond donors (Lipinski definition) is 2. The van der Waals surface area contributed by atoms with E-state index < -0.39 is 11.4 Å². The van der Waals surface area contributed by atoms with Gasteiger partial charge in [0.05, 0.1) is 5.41 Å². The van der Waals surface area contributed by atoms with Gasteiger partial charge in [-0.15, -0.1) is 0 Å². The molecule has 0 aliphatic carbocycles. The average molecular weight is 308 g/mol. The fourth-order valence-corrected chi connectivity index (χ4v) is 2.70. The first-order chi connectivity index (χ1) is 10.4. The van der Waals surface area contributed by atoms with Crippen molar-refractivity contribution in [2.75, 3.05) is 24.5 Å². The van der Waals surface area contributed by atoms with Crippen molar-refractivity contribution in [2.24, 2.45) is 5.41 Å². The summed E-state index contributed by atoms with van der Waals surface area (Å²) in [5.74, 6) is -1.01. The van der Waals surface area contributed by atoms with Gasteiger partial charge in [0, 0.05) is 30.9 Å². The standard InChI is InChI=1S/C17H25FN2O2/c1-17(2,16(21)22)8-9-19-12-13-14(18)6-5-7-15(13)20-10-3-4-11-20/h5-7,19H,3-4,8-12H2,1-2H3,(H,21,22). The molecule has 1 aromatic rings. The zero-order chi connectivity index (χ0) is 16.2. The van der Waals surface area contributed by atoms with Crippen LogP contribution in [0.25, 0.3) is 0 Å². The van der Waals surface area contributed by atoms with E-state index in [-0.39, 0.29) is 5.82 Å². The second kappa shape index (κ2) is 7.09. The Hall–Kier alpha value is -1.62. The van der Waals surface area contributed by atoms with E-state index in [2.05, 4.69) is 10.2 Å². The van der Waals surface area contributed by atoms with E-state index in [1.54, 1.807) is 19.9 Å². The van der Waals surface area contributed by atoms with Gasteiger partial charge in [0.1, 0.15) is 5.82 Å². The van der Waals surface area contributed by atoms with Crippen molar-refractivity contribution >= 4 is 11.7 Å². The average Bonchev–Trinajstić information content (AvgIpc) is 2.98. The molecule has 0 atom stereocenters. The highest BCUT2D eigenvalue weighted by molar-refractivity contribution is 5.73. The van der Waals surface area contributed by atoms with Crippen LogP contribution in [0.4, 0.5) is 10.1 Å². The fourth-order valence-electron chi connectivity index (χ4n) is 2.70. The molecule has 4 nitrogen and oxygen atoms in total. The molecular weight excluding hydrogens is 283 g/mol. The van der Waals surface area contributed by atoms with Crippen LogP contribution in [-0.2, 0) is 11.3 Å². The van der Waals surface area contributed by atoms with Gasteiger partial charge in [0.2, 0.25) is 0 Å². The molecule has 0 unspecified atom stereocenters. The SMILES string of the molecule is CC(C)(CCNCc1c(F)cccc1N1CCCC1)C(=O)O. The molecule has 1 aliphatic heterocycles. The fraction of sp³-hybridized carbons (Fsp3) is 0.588. The number of carboxylic acid groups (broad SMARTS) is 1. The molecule has 2 rings (SSSR count). The van der Waals surface area contributed by atoms with Gasteiger partial charge in [-0.3, -0.25) is 4.79 Å². The molecule has 0 bridgehead atoms. The van der Waals surface area contributed by atoms with Crippen LogP contribution < -0.4 is 10.2 Å². The molecule has 22 heavy (non-hydrogen) atoms. The lowest BCUT2D eigenvalue weighted by Crippen LogP contribution is -2.29. The first kappa shape index (κ1) is 16.7. The molecule has 1 fully saturated rings. The quantitative estimate of drug-likeness (QED) is 0.760. The Bertz CT molecular complexity index is 525. The molecular formula is C17H25FN2O2. The molecule has 0 radical (unpaired) electrons. The lowest BCUT2D eigenvalue weighted by Gasteiger charge is -2.23. The normalized spacial score (nSPS) is 15.3. The van der Waals surface area contributed by atoms with Gasteiger partial charge in [-0.05, 0) is 51.8 Å². The molecule has 1 aromatic carbocycles. The minimum absolute atomic E-state index is 0.200. The summed E-state index contributed by atoms with van der Waals surface area (Å²) in [6, 6.07) is 5.20. The van der Waals surface area contributed by atoms with Crippen LogP contribution in [0.5, 0.6) is 0 Å². The number of halogens is 1. The Morgan fingerprint density at radius 1 is 1.36 bits per heavy atom. The molecule has 122 valence electrons. The number of nitrogens with one attached hydrogen (secondary N) is 1. The molecule has 0 amide bonds. The third kappa shape index (κ3) is 3.97. The molecule has 5 heteroatoms. The number of benzene rings is 1. The van der Waals surface area contributed by atoms with Crippen LogP contribution in [0.15, 0.2) is 18.2 Å². The van der Waals surface area contributed by atoms with Crippen LogP contribution in [0.2, 0.25) is 0 Å². The molecule has 0 aromatic heterocycles. The third-order valence-electron chi connectivity index (χ3n) is 4.35. The van der Waals surface area contributed by atoms with E-state index in [4.69, 9.17) is 5.11 Å². The van der Waals surface area contributed by atoms with Crippen molar-refractivity contribution < 1.29 is 14.3 Å². The molecule has 0 saturated carbocycles. The third-order valence-corrected chi connectivity index (χ3v) is 4.35. The van der Waals surface area contributed by atoms with Gasteiger partial charge >= 0.3 is 5.97 Å². The van der Waals surface area contributed by atoms with Crippen LogP contribution >= 0.6 is 0 Å². The summed E-state index contributed by atoms with van der Waals surface area (Å²) >= 11 is 0. The minimum Gasteiger partial charge on any atom is -0.481 e. The van der Waals surface area contributed by atoms with E-state index in [9.17, 15) is 9.18 Å². The summed E-state index contributed by atoms with van der Waals surface area (Å²) in [5.41, 5.74) is 0.875. The lowest BCUT2D eigenvalue weighted by molar-refractivity contribution is -0.147. The summed E-state index contributed by atoms with van der Waals surface area (Å²) in [4.78, 5) is 13.3. The summed E-state index contributed by atoms with van der Waals surface area (Å²) in [6.07, 6.45) is 2.81. The number of rotatable bonds is 7. The minimum atomic E-state index is -0.807. The van der Waals surface area contributed by atoms with Crippen LogP contribution in [0.1, 0.15) is 38.7 Å². The second-order valence-electron chi connectivity index (χ2n) is 6.55. The molecule has 1 heterocycles. The van der Waals surface area contributed by atoms with Crippen molar-refractivity contribution in [3.63, 3.8) is 0 Å². The maximum absolute atomic E-state index is 14.1. The maximum atomic E-state index is 14.1. The van der Waals surface area contributed by atoms with Crippen molar-refractivity contribution in [1.29, 1.82) is 0 Å². The highest BCUT2D eigenvalue weighted by atomic mass is 19.1. The Labute approximate surface area is 131 Å². The topological polar surface area (TPSA) is 52.6 Å². The van der Waals surface area contributed by atoms with Crippen molar-refractivity contribution in [1.82, 2.24) is 5.32 Å². The second-order valence-corrected chi connectivity index (χ2v) is 6.55. The zero-order valence-corrected chi connectivity index (χ0v) is 13.4. The monoisotopic (exact) mass is 308 g/mol. The summed E-state index contributed by atoms with van der Waals surface area (Å²) in [5, 5.41) is 12.3. The van der Waals surface area contributed by atoms with Crippen molar-refractivity contribution in [2.45, 2.75) is 39.7 Å². The van der Waals surface area contributed by atoms with Gasteiger partial charge < -0.3 is 15.3 Å². The number of carboxylic acids is 1. The van der Waals surface area contributed by atoms with Crippen LogP contribution in [0, 0.1) is 11.2 Å². The van der Waals surface area contributed by atoms with Crippen LogP contribution in [0.3, 0.4) is 0 Å². The van der Waals surface area contributed by atoms with Crippen molar-refractivity contribution in [3.8, 4) is 0 Å².